The second kappa shape index (κ2) is 6.78. The van der Waals surface area contributed by atoms with Crippen LogP contribution >= 0.6 is 0 Å². The smallest absolute Gasteiger partial charge is 0.314 e. The number of amides is 3. The Labute approximate surface area is 124 Å². The van der Waals surface area contributed by atoms with Crippen LogP contribution in [-0.2, 0) is 9.59 Å². The summed E-state index contributed by atoms with van der Waals surface area (Å²) in [4.78, 5) is 38.1. The topological polar surface area (TPSA) is 104 Å². The number of urea groups is 1. The average Bonchev–Trinajstić information content (AvgIpc) is 2.46. The number of nitrogens with two attached hydrogens (primary N) is 1. The number of carbonyl (C=O) groups is 3. The molecule has 2 atom stereocenters. The lowest BCUT2D eigenvalue weighted by molar-refractivity contribution is -0.144. The van der Waals surface area contributed by atoms with Gasteiger partial charge >= 0.3 is 12.0 Å². The molecule has 2 aliphatic heterocycles. The molecule has 0 bridgehead atoms. The van der Waals surface area contributed by atoms with E-state index < -0.39 is 12.0 Å². The molecular formula is C14H23N3O4. The van der Waals surface area contributed by atoms with Crippen LogP contribution in [0.25, 0.3) is 0 Å². The second-order valence-electron chi connectivity index (χ2n) is 5.90. The van der Waals surface area contributed by atoms with Crippen LogP contribution in [0.4, 0.5) is 4.79 Å². The quantitative estimate of drug-likeness (QED) is 0.797. The molecule has 0 radical (unpaired) electrons. The van der Waals surface area contributed by atoms with Crippen LogP contribution < -0.4 is 5.73 Å². The van der Waals surface area contributed by atoms with Crippen molar-refractivity contribution in [2.45, 2.75) is 44.6 Å². The molecule has 2 fully saturated rings. The zero-order valence-corrected chi connectivity index (χ0v) is 12.2. The molecule has 2 heterocycles. The number of piperidine rings is 2. The summed E-state index contributed by atoms with van der Waals surface area (Å²) in [5, 5.41) is 8.98. The predicted molar refractivity (Wildman–Crippen MR) is 75.5 cm³/mol. The molecule has 3 N–H and O–H groups in total. The van der Waals surface area contributed by atoms with Gasteiger partial charge < -0.3 is 20.6 Å². The number of likely N-dealkylation sites (tertiary alicyclic amines) is 2. The van der Waals surface area contributed by atoms with Gasteiger partial charge in [-0.25, -0.2) is 4.79 Å². The predicted octanol–water partition coefficient (Wildman–Crippen LogP) is 0.633. The highest BCUT2D eigenvalue weighted by Gasteiger charge is 2.35. The fraction of sp³-hybridized carbons (Fsp3) is 0.786. The molecule has 118 valence electrons. The fourth-order valence-corrected chi connectivity index (χ4v) is 3.32. The molecule has 7 nitrogen and oxygen atoms in total. The van der Waals surface area contributed by atoms with Crippen molar-refractivity contribution in [3.8, 4) is 0 Å². The van der Waals surface area contributed by atoms with Crippen molar-refractivity contribution in [3.05, 3.63) is 0 Å². The first kappa shape index (κ1) is 15.6. The van der Waals surface area contributed by atoms with Crippen molar-refractivity contribution in [1.29, 1.82) is 0 Å². The third-order valence-corrected chi connectivity index (χ3v) is 4.40. The Morgan fingerprint density at radius 2 is 1.86 bits per heavy atom. The SMILES string of the molecule is NC(=O)N1CCCC(C(=O)N2CCCCC2CC(=O)O)C1. The van der Waals surface area contributed by atoms with Gasteiger partial charge in [0.2, 0.25) is 5.91 Å². The van der Waals surface area contributed by atoms with E-state index in [1.165, 1.54) is 4.90 Å². The summed E-state index contributed by atoms with van der Waals surface area (Å²) in [6, 6.07) is -0.707. The first-order valence-electron chi connectivity index (χ1n) is 7.55. The van der Waals surface area contributed by atoms with Gasteiger partial charge in [0, 0.05) is 25.7 Å². The summed E-state index contributed by atoms with van der Waals surface area (Å²) in [5.74, 6) is -1.14. The van der Waals surface area contributed by atoms with Crippen LogP contribution in [0.3, 0.4) is 0 Å². The molecule has 2 unspecified atom stereocenters. The minimum atomic E-state index is -0.873. The normalized spacial score (nSPS) is 26.5. The number of hydrogen-bond donors (Lipinski definition) is 2. The maximum absolute atomic E-state index is 12.7. The van der Waals surface area contributed by atoms with E-state index in [0.29, 0.717) is 19.6 Å². The van der Waals surface area contributed by atoms with Gasteiger partial charge in [-0.05, 0) is 32.1 Å². The monoisotopic (exact) mass is 297 g/mol. The van der Waals surface area contributed by atoms with Crippen molar-refractivity contribution in [1.82, 2.24) is 9.80 Å². The summed E-state index contributed by atoms with van der Waals surface area (Å²) < 4.78 is 0. The molecule has 0 saturated carbocycles. The first-order valence-corrected chi connectivity index (χ1v) is 7.55. The van der Waals surface area contributed by atoms with Crippen molar-refractivity contribution < 1.29 is 19.5 Å². The van der Waals surface area contributed by atoms with Crippen molar-refractivity contribution >= 4 is 17.9 Å². The number of rotatable bonds is 3. The minimum absolute atomic E-state index is 0.00199. The number of aliphatic carboxylic acids is 1. The third kappa shape index (κ3) is 3.86. The molecule has 2 aliphatic rings. The standard InChI is InChI=1S/C14H23N3O4/c15-14(21)16-6-3-4-10(9-16)13(20)17-7-2-1-5-11(17)8-12(18)19/h10-11H,1-9H2,(H2,15,21)(H,18,19). The van der Waals surface area contributed by atoms with Gasteiger partial charge in [0.15, 0.2) is 0 Å². The summed E-state index contributed by atoms with van der Waals surface area (Å²) in [5.41, 5.74) is 5.29. The van der Waals surface area contributed by atoms with Gasteiger partial charge in [0.05, 0.1) is 12.3 Å². The first-order chi connectivity index (χ1) is 9.99. The summed E-state index contributed by atoms with van der Waals surface area (Å²) in [7, 11) is 0. The maximum Gasteiger partial charge on any atom is 0.314 e. The highest BCUT2D eigenvalue weighted by Crippen LogP contribution is 2.25. The van der Waals surface area contributed by atoms with Gasteiger partial charge in [-0.1, -0.05) is 0 Å². The van der Waals surface area contributed by atoms with E-state index in [1.807, 2.05) is 0 Å². The van der Waals surface area contributed by atoms with E-state index in [0.717, 1.165) is 32.1 Å². The van der Waals surface area contributed by atoms with Crippen LogP contribution in [-0.4, -0.2) is 58.5 Å². The van der Waals surface area contributed by atoms with Gasteiger partial charge in [0.25, 0.3) is 0 Å². The van der Waals surface area contributed by atoms with Crippen molar-refractivity contribution in [2.24, 2.45) is 11.7 Å². The summed E-state index contributed by atoms with van der Waals surface area (Å²) in [6.45, 7) is 1.56. The highest BCUT2D eigenvalue weighted by atomic mass is 16.4. The van der Waals surface area contributed by atoms with Crippen LogP contribution in [0.2, 0.25) is 0 Å². The van der Waals surface area contributed by atoms with E-state index in [4.69, 9.17) is 10.8 Å². The van der Waals surface area contributed by atoms with Crippen LogP contribution in [0.5, 0.6) is 0 Å². The van der Waals surface area contributed by atoms with Crippen molar-refractivity contribution in [2.75, 3.05) is 19.6 Å². The lowest BCUT2D eigenvalue weighted by atomic mass is 9.92. The molecule has 2 rings (SSSR count). The van der Waals surface area contributed by atoms with Gasteiger partial charge in [-0.2, -0.15) is 0 Å². The molecule has 0 aliphatic carbocycles. The molecule has 3 amide bonds. The minimum Gasteiger partial charge on any atom is -0.481 e. The number of hydrogen-bond acceptors (Lipinski definition) is 3. The maximum atomic E-state index is 12.7. The molecule has 0 aromatic heterocycles. The molecule has 0 aromatic carbocycles. The number of carboxylic acids is 1. The number of primary amides is 1. The molecular weight excluding hydrogens is 274 g/mol. The van der Waals surface area contributed by atoms with Gasteiger partial charge in [-0.3, -0.25) is 9.59 Å². The van der Waals surface area contributed by atoms with E-state index >= 15 is 0 Å². The van der Waals surface area contributed by atoms with Crippen molar-refractivity contribution in [3.63, 3.8) is 0 Å². The highest BCUT2D eigenvalue weighted by molar-refractivity contribution is 5.81. The molecule has 21 heavy (non-hydrogen) atoms. The molecule has 0 spiro atoms. The Morgan fingerprint density at radius 3 is 2.52 bits per heavy atom. The van der Waals surface area contributed by atoms with E-state index in [-0.39, 0.29) is 24.3 Å². The Balaban J connectivity index is 2.02. The third-order valence-electron chi connectivity index (χ3n) is 4.40. The lowest BCUT2D eigenvalue weighted by Gasteiger charge is -2.39. The van der Waals surface area contributed by atoms with Gasteiger partial charge in [-0.15, -0.1) is 0 Å². The number of carboxylic acid groups (broad SMARTS) is 1. The zero-order valence-electron chi connectivity index (χ0n) is 12.2. The average molecular weight is 297 g/mol. The molecule has 7 heteroatoms. The molecule has 2 saturated heterocycles. The molecule has 0 aromatic rings. The lowest BCUT2D eigenvalue weighted by Crippen LogP contribution is -2.52. The van der Waals surface area contributed by atoms with Gasteiger partial charge in [0.1, 0.15) is 0 Å². The van der Waals surface area contributed by atoms with Crippen LogP contribution in [0.15, 0.2) is 0 Å². The Morgan fingerprint density at radius 1 is 1.10 bits per heavy atom. The summed E-state index contributed by atoms with van der Waals surface area (Å²) in [6.07, 6.45) is 4.10. The Hall–Kier alpha value is -1.79. The van der Waals surface area contributed by atoms with Crippen LogP contribution in [0, 0.1) is 5.92 Å². The van der Waals surface area contributed by atoms with E-state index in [2.05, 4.69) is 0 Å². The fourth-order valence-electron chi connectivity index (χ4n) is 3.32. The Bertz CT molecular complexity index is 426. The van der Waals surface area contributed by atoms with E-state index in [1.54, 1.807) is 4.90 Å². The van der Waals surface area contributed by atoms with Crippen LogP contribution in [0.1, 0.15) is 38.5 Å². The second-order valence-corrected chi connectivity index (χ2v) is 5.90. The zero-order chi connectivity index (χ0) is 15.4. The number of nitrogens with zero attached hydrogens (tertiary/aromatic N) is 2. The Kier molecular flexibility index (Phi) is 5.03. The largest absolute Gasteiger partial charge is 0.481 e. The number of carbonyl (C=O) groups excluding carboxylic acids is 2. The summed E-state index contributed by atoms with van der Waals surface area (Å²) >= 11 is 0. The van der Waals surface area contributed by atoms with E-state index in [9.17, 15) is 14.4 Å².